The summed E-state index contributed by atoms with van der Waals surface area (Å²) in [5.41, 5.74) is 1.68. The van der Waals surface area contributed by atoms with Crippen molar-refractivity contribution in [2.75, 3.05) is 13.1 Å². The highest BCUT2D eigenvalue weighted by Gasteiger charge is 2.21. The number of carbonyl (C=O) groups is 1. The van der Waals surface area contributed by atoms with Gasteiger partial charge in [-0.3, -0.25) is 9.78 Å². The first kappa shape index (κ1) is 12.3. The van der Waals surface area contributed by atoms with Crippen LogP contribution >= 0.6 is 0 Å². The van der Waals surface area contributed by atoms with Gasteiger partial charge in [0.25, 0.3) is 5.91 Å². The predicted octanol–water partition coefficient (Wildman–Crippen LogP) is 1.92. The van der Waals surface area contributed by atoms with E-state index in [-0.39, 0.29) is 11.5 Å². The smallest absolute Gasteiger partial charge is 0.264 e. The molecule has 1 saturated heterocycles. The molecule has 1 aliphatic heterocycles. The fourth-order valence-corrected chi connectivity index (χ4v) is 2.02. The molecule has 2 rings (SSSR count). The maximum atomic E-state index is 12.1. The molecule has 1 aromatic heterocycles. The number of hydrogen-bond donors (Lipinski definition) is 0. The maximum absolute atomic E-state index is 12.1. The van der Waals surface area contributed by atoms with Crippen molar-refractivity contribution >= 4 is 12.0 Å². The minimum absolute atomic E-state index is 0.162. The number of rotatable bonds is 2. The Labute approximate surface area is 107 Å². The van der Waals surface area contributed by atoms with E-state index in [2.05, 4.69) is 4.98 Å². The van der Waals surface area contributed by atoms with Gasteiger partial charge in [0.15, 0.2) is 0 Å². The lowest BCUT2D eigenvalue weighted by molar-refractivity contribution is -0.125. The van der Waals surface area contributed by atoms with E-state index in [1.165, 1.54) is 0 Å². The molecule has 0 saturated carbocycles. The van der Waals surface area contributed by atoms with Gasteiger partial charge >= 0.3 is 0 Å². The van der Waals surface area contributed by atoms with Crippen LogP contribution in [0.1, 0.15) is 24.2 Å². The highest BCUT2D eigenvalue weighted by atomic mass is 16.2. The molecular formula is C14H15N3O. The molecule has 4 nitrogen and oxygen atoms in total. The van der Waals surface area contributed by atoms with Crippen molar-refractivity contribution in [3.8, 4) is 6.07 Å². The zero-order valence-corrected chi connectivity index (χ0v) is 10.4. The second-order valence-electron chi connectivity index (χ2n) is 4.37. The number of aromatic nitrogens is 1. The van der Waals surface area contributed by atoms with Gasteiger partial charge in [-0.15, -0.1) is 0 Å². The molecule has 18 heavy (non-hydrogen) atoms. The Morgan fingerprint density at radius 2 is 2.17 bits per heavy atom. The van der Waals surface area contributed by atoms with E-state index >= 15 is 0 Å². The van der Waals surface area contributed by atoms with Crippen LogP contribution < -0.4 is 0 Å². The lowest BCUT2D eigenvalue weighted by atomic mass is 10.2. The second-order valence-corrected chi connectivity index (χ2v) is 4.37. The number of pyridine rings is 1. The quantitative estimate of drug-likeness (QED) is 0.587. The maximum Gasteiger partial charge on any atom is 0.264 e. The third-order valence-electron chi connectivity index (χ3n) is 2.95. The van der Waals surface area contributed by atoms with Crippen molar-refractivity contribution in [2.24, 2.45) is 0 Å². The normalized spacial score (nSPS) is 15.6. The van der Waals surface area contributed by atoms with E-state index in [0.29, 0.717) is 5.69 Å². The molecule has 0 N–H and O–H groups in total. The molecule has 1 amide bonds. The van der Waals surface area contributed by atoms with Gasteiger partial charge < -0.3 is 4.90 Å². The molecule has 1 aromatic rings. The number of likely N-dealkylation sites (tertiary alicyclic amines) is 1. The first-order valence-electron chi connectivity index (χ1n) is 6.05. The molecule has 0 aromatic carbocycles. The van der Waals surface area contributed by atoms with Crippen LogP contribution in [0.2, 0.25) is 0 Å². The van der Waals surface area contributed by atoms with E-state index in [1.807, 2.05) is 25.1 Å². The Morgan fingerprint density at radius 3 is 2.78 bits per heavy atom. The molecule has 92 valence electrons. The van der Waals surface area contributed by atoms with Gasteiger partial charge in [-0.1, -0.05) is 6.07 Å². The first-order chi connectivity index (χ1) is 8.70. The molecule has 1 fully saturated rings. The Morgan fingerprint density at radius 1 is 1.44 bits per heavy atom. The molecule has 0 spiro atoms. The minimum atomic E-state index is -0.182. The van der Waals surface area contributed by atoms with Crippen LogP contribution in [-0.2, 0) is 4.79 Å². The highest BCUT2D eigenvalue weighted by Crippen LogP contribution is 2.13. The average Bonchev–Trinajstić information content (AvgIpc) is 2.89. The van der Waals surface area contributed by atoms with Crippen LogP contribution in [0.25, 0.3) is 6.08 Å². The number of carbonyl (C=O) groups excluding carboxylic acids is 1. The summed E-state index contributed by atoms with van der Waals surface area (Å²) in [4.78, 5) is 18.1. The summed E-state index contributed by atoms with van der Waals surface area (Å²) in [5, 5.41) is 9.09. The van der Waals surface area contributed by atoms with E-state index in [0.717, 1.165) is 31.6 Å². The summed E-state index contributed by atoms with van der Waals surface area (Å²) in [5.74, 6) is -0.182. The molecule has 0 unspecified atom stereocenters. The average molecular weight is 241 g/mol. The van der Waals surface area contributed by atoms with Crippen LogP contribution in [0.5, 0.6) is 0 Å². The second kappa shape index (κ2) is 5.46. The summed E-state index contributed by atoms with van der Waals surface area (Å²) in [7, 11) is 0. The van der Waals surface area contributed by atoms with Gasteiger partial charge in [0.1, 0.15) is 11.6 Å². The summed E-state index contributed by atoms with van der Waals surface area (Å²) in [6.45, 7) is 3.38. The third kappa shape index (κ3) is 2.75. The lowest BCUT2D eigenvalue weighted by Crippen LogP contribution is -2.28. The van der Waals surface area contributed by atoms with Crippen molar-refractivity contribution in [2.45, 2.75) is 19.8 Å². The van der Waals surface area contributed by atoms with Gasteiger partial charge in [-0.25, -0.2) is 0 Å². The molecule has 4 heteroatoms. The van der Waals surface area contributed by atoms with E-state index in [9.17, 15) is 4.79 Å². The Bertz CT molecular complexity index is 522. The number of aryl methyl sites for hydroxylation is 1. The monoisotopic (exact) mass is 241 g/mol. The number of hydrogen-bond acceptors (Lipinski definition) is 3. The highest BCUT2D eigenvalue weighted by molar-refractivity contribution is 6.01. The van der Waals surface area contributed by atoms with Crippen LogP contribution in [-0.4, -0.2) is 28.9 Å². The minimum Gasteiger partial charge on any atom is -0.338 e. The van der Waals surface area contributed by atoms with E-state index in [1.54, 1.807) is 17.0 Å². The van der Waals surface area contributed by atoms with E-state index < -0.39 is 0 Å². The number of nitriles is 1. The molecule has 2 heterocycles. The summed E-state index contributed by atoms with van der Waals surface area (Å²) >= 11 is 0. The summed E-state index contributed by atoms with van der Waals surface area (Å²) in [6.07, 6.45) is 3.61. The summed E-state index contributed by atoms with van der Waals surface area (Å²) in [6, 6.07) is 7.52. The van der Waals surface area contributed by atoms with Crippen molar-refractivity contribution in [1.29, 1.82) is 5.26 Å². The lowest BCUT2D eigenvalue weighted by Gasteiger charge is -2.13. The molecule has 0 bridgehead atoms. The van der Waals surface area contributed by atoms with Gasteiger partial charge in [0.05, 0.1) is 5.69 Å². The van der Waals surface area contributed by atoms with Crippen molar-refractivity contribution in [3.63, 3.8) is 0 Å². The van der Waals surface area contributed by atoms with Crippen molar-refractivity contribution in [3.05, 3.63) is 35.2 Å². The Kier molecular flexibility index (Phi) is 3.73. The van der Waals surface area contributed by atoms with Crippen LogP contribution in [0.15, 0.2) is 23.8 Å². The fourth-order valence-electron chi connectivity index (χ4n) is 2.02. The fraction of sp³-hybridized carbons (Fsp3) is 0.357. The zero-order valence-electron chi connectivity index (χ0n) is 10.4. The van der Waals surface area contributed by atoms with Gasteiger partial charge in [-0.05, 0) is 38.0 Å². The molecule has 1 aliphatic rings. The predicted molar refractivity (Wildman–Crippen MR) is 68.4 cm³/mol. The van der Waals surface area contributed by atoms with Gasteiger partial charge in [-0.2, -0.15) is 5.26 Å². The zero-order chi connectivity index (χ0) is 13.0. The summed E-state index contributed by atoms with van der Waals surface area (Å²) < 4.78 is 0. The first-order valence-corrected chi connectivity index (χ1v) is 6.05. The Balaban J connectivity index is 2.23. The number of amides is 1. The van der Waals surface area contributed by atoms with Gasteiger partial charge in [0.2, 0.25) is 0 Å². The topological polar surface area (TPSA) is 57.0 Å². The SMILES string of the molecule is Cc1cccc(/C=C(\C#N)C(=O)N2CCCC2)n1. The van der Waals surface area contributed by atoms with Crippen molar-refractivity contribution in [1.82, 2.24) is 9.88 Å². The number of nitrogens with zero attached hydrogens (tertiary/aromatic N) is 3. The van der Waals surface area contributed by atoms with Crippen LogP contribution in [0.4, 0.5) is 0 Å². The molecule has 0 aliphatic carbocycles. The third-order valence-corrected chi connectivity index (χ3v) is 2.95. The Hall–Kier alpha value is -2.15. The molecule has 0 atom stereocenters. The van der Waals surface area contributed by atoms with Crippen LogP contribution in [0.3, 0.4) is 0 Å². The standard InChI is InChI=1S/C14H15N3O/c1-11-5-4-6-13(16-11)9-12(10-15)14(18)17-7-2-3-8-17/h4-6,9H,2-3,7-8H2,1H3/b12-9+. The van der Waals surface area contributed by atoms with Gasteiger partial charge in [0, 0.05) is 18.8 Å². The molecular weight excluding hydrogens is 226 g/mol. The largest absolute Gasteiger partial charge is 0.338 e. The van der Waals surface area contributed by atoms with E-state index in [4.69, 9.17) is 5.26 Å². The van der Waals surface area contributed by atoms with Crippen LogP contribution in [0, 0.1) is 18.3 Å². The van der Waals surface area contributed by atoms with Crippen molar-refractivity contribution < 1.29 is 4.79 Å². The molecule has 0 radical (unpaired) electrons.